The second-order valence-electron chi connectivity index (χ2n) is 5.19. The number of rotatable bonds is 8. The van der Waals surface area contributed by atoms with E-state index in [0.717, 1.165) is 30.8 Å². The third kappa shape index (κ3) is 5.32. The molecule has 3 N–H and O–H groups in total. The fourth-order valence-corrected chi connectivity index (χ4v) is 2.23. The van der Waals surface area contributed by atoms with Crippen molar-refractivity contribution in [2.24, 2.45) is 5.73 Å². The Balaban J connectivity index is 1.84. The number of anilines is 1. The quantitative estimate of drug-likeness (QED) is 0.717. The average molecular weight is 307 g/mol. The maximum absolute atomic E-state index is 12.1. The summed E-state index contributed by atoms with van der Waals surface area (Å²) in [6, 6.07) is 7.80. The molecule has 6 heteroatoms. The van der Waals surface area contributed by atoms with E-state index in [1.807, 2.05) is 24.3 Å². The Morgan fingerprint density at radius 1 is 1.43 bits per heavy atom. The van der Waals surface area contributed by atoms with Gasteiger partial charge in [0.2, 0.25) is 5.91 Å². The molecule has 0 heterocycles. The molecule has 1 aromatic rings. The summed E-state index contributed by atoms with van der Waals surface area (Å²) in [5.74, 6) is 0.749. The van der Waals surface area contributed by atoms with Crippen molar-refractivity contribution in [3.63, 3.8) is 0 Å². The molecule has 0 atom stereocenters. The Morgan fingerprint density at radius 2 is 2.10 bits per heavy atom. The SMILES string of the molecule is COc1ccc(NC(=O)CN(CCC(N)=S)C2CC2)cc1. The van der Waals surface area contributed by atoms with Crippen molar-refractivity contribution in [1.29, 1.82) is 0 Å². The van der Waals surface area contributed by atoms with E-state index in [4.69, 9.17) is 22.7 Å². The Morgan fingerprint density at radius 3 is 2.62 bits per heavy atom. The van der Waals surface area contributed by atoms with Gasteiger partial charge >= 0.3 is 0 Å². The van der Waals surface area contributed by atoms with Crippen LogP contribution >= 0.6 is 12.2 Å². The molecule has 1 aromatic carbocycles. The van der Waals surface area contributed by atoms with E-state index >= 15 is 0 Å². The second kappa shape index (κ2) is 7.38. The van der Waals surface area contributed by atoms with E-state index in [1.54, 1.807) is 7.11 Å². The highest BCUT2D eigenvalue weighted by atomic mass is 32.1. The van der Waals surface area contributed by atoms with Crippen molar-refractivity contribution in [2.75, 3.05) is 25.5 Å². The minimum absolute atomic E-state index is 0.0185. The van der Waals surface area contributed by atoms with Crippen molar-refractivity contribution in [3.8, 4) is 5.75 Å². The largest absolute Gasteiger partial charge is 0.497 e. The van der Waals surface area contributed by atoms with Gasteiger partial charge in [0.1, 0.15) is 5.75 Å². The van der Waals surface area contributed by atoms with Gasteiger partial charge in [-0.2, -0.15) is 0 Å². The van der Waals surface area contributed by atoms with Crippen LogP contribution < -0.4 is 15.8 Å². The van der Waals surface area contributed by atoms with Crippen molar-refractivity contribution < 1.29 is 9.53 Å². The molecule has 1 amide bonds. The predicted molar refractivity (Wildman–Crippen MR) is 87.6 cm³/mol. The van der Waals surface area contributed by atoms with E-state index in [9.17, 15) is 4.79 Å². The summed E-state index contributed by atoms with van der Waals surface area (Å²) in [6.45, 7) is 1.12. The first-order valence-electron chi connectivity index (χ1n) is 7.04. The van der Waals surface area contributed by atoms with E-state index in [2.05, 4.69) is 10.2 Å². The lowest BCUT2D eigenvalue weighted by atomic mass is 10.3. The summed E-state index contributed by atoms with van der Waals surface area (Å²) in [7, 11) is 1.61. The number of nitrogens with two attached hydrogens (primary N) is 1. The number of hydrogen-bond donors (Lipinski definition) is 2. The van der Waals surface area contributed by atoms with Crippen molar-refractivity contribution in [3.05, 3.63) is 24.3 Å². The van der Waals surface area contributed by atoms with E-state index in [-0.39, 0.29) is 5.91 Å². The molecule has 2 rings (SSSR count). The Labute approximate surface area is 130 Å². The summed E-state index contributed by atoms with van der Waals surface area (Å²) in [5, 5.41) is 2.89. The molecule has 114 valence electrons. The summed E-state index contributed by atoms with van der Waals surface area (Å²) < 4.78 is 5.09. The molecular formula is C15H21N3O2S. The van der Waals surface area contributed by atoms with Gasteiger partial charge in [0.05, 0.1) is 18.6 Å². The van der Waals surface area contributed by atoms with Crippen LogP contribution in [0.1, 0.15) is 19.3 Å². The highest BCUT2D eigenvalue weighted by molar-refractivity contribution is 7.80. The average Bonchev–Trinajstić information content (AvgIpc) is 3.28. The lowest BCUT2D eigenvalue weighted by Crippen LogP contribution is -2.36. The predicted octanol–water partition coefficient (Wildman–Crippen LogP) is 1.77. The fourth-order valence-electron chi connectivity index (χ4n) is 2.14. The van der Waals surface area contributed by atoms with Gasteiger partial charge in [-0.15, -0.1) is 0 Å². The van der Waals surface area contributed by atoms with E-state index in [1.165, 1.54) is 0 Å². The van der Waals surface area contributed by atoms with Gasteiger partial charge in [-0.25, -0.2) is 0 Å². The fraction of sp³-hybridized carbons (Fsp3) is 0.467. The Hall–Kier alpha value is -1.66. The summed E-state index contributed by atoms with van der Waals surface area (Å²) in [6.07, 6.45) is 2.95. The minimum atomic E-state index is -0.0185. The van der Waals surface area contributed by atoms with E-state index in [0.29, 0.717) is 24.0 Å². The highest BCUT2D eigenvalue weighted by Gasteiger charge is 2.29. The van der Waals surface area contributed by atoms with Crippen LogP contribution in [0.4, 0.5) is 5.69 Å². The Bertz CT molecular complexity index is 500. The van der Waals surface area contributed by atoms with Crippen LogP contribution in [-0.2, 0) is 4.79 Å². The van der Waals surface area contributed by atoms with Gasteiger partial charge in [-0.1, -0.05) is 12.2 Å². The zero-order chi connectivity index (χ0) is 15.2. The maximum atomic E-state index is 12.1. The number of amides is 1. The lowest BCUT2D eigenvalue weighted by molar-refractivity contribution is -0.117. The zero-order valence-electron chi connectivity index (χ0n) is 12.2. The first kappa shape index (κ1) is 15.7. The van der Waals surface area contributed by atoms with Crippen LogP contribution in [0, 0.1) is 0 Å². The maximum Gasteiger partial charge on any atom is 0.238 e. The van der Waals surface area contributed by atoms with Gasteiger partial charge in [0.15, 0.2) is 0 Å². The molecule has 0 unspecified atom stereocenters. The van der Waals surface area contributed by atoms with Gasteiger partial charge in [0.25, 0.3) is 0 Å². The van der Waals surface area contributed by atoms with Gasteiger partial charge in [-0.3, -0.25) is 9.69 Å². The summed E-state index contributed by atoms with van der Waals surface area (Å²) in [5.41, 5.74) is 6.30. The number of benzene rings is 1. The van der Waals surface area contributed by atoms with Gasteiger partial charge in [0, 0.05) is 24.7 Å². The third-order valence-electron chi connectivity index (χ3n) is 3.43. The second-order valence-corrected chi connectivity index (χ2v) is 5.72. The molecule has 0 aromatic heterocycles. The number of carbonyl (C=O) groups excluding carboxylic acids is 1. The summed E-state index contributed by atoms with van der Waals surface area (Å²) >= 11 is 4.90. The molecule has 1 saturated carbocycles. The number of nitrogens with one attached hydrogen (secondary N) is 1. The van der Waals surface area contributed by atoms with Crippen molar-refractivity contribution in [2.45, 2.75) is 25.3 Å². The third-order valence-corrected chi connectivity index (χ3v) is 3.63. The molecule has 0 saturated heterocycles. The molecule has 21 heavy (non-hydrogen) atoms. The van der Waals surface area contributed by atoms with Crippen LogP contribution in [0.3, 0.4) is 0 Å². The summed E-state index contributed by atoms with van der Waals surface area (Å²) in [4.78, 5) is 14.8. The van der Waals surface area contributed by atoms with Crippen LogP contribution in [0.2, 0.25) is 0 Å². The molecule has 0 spiro atoms. The first-order valence-corrected chi connectivity index (χ1v) is 7.45. The van der Waals surface area contributed by atoms with Gasteiger partial charge in [-0.05, 0) is 37.1 Å². The number of ether oxygens (including phenoxy) is 1. The molecule has 1 aliphatic carbocycles. The van der Waals surface area contributed by atoms with Crippen molar-refractivity contribution >= 4 is 28.8 Å². The topological polar surface area (TPSA) is 67.6 Å². The zero-order valence-corrected chi connectivity index (χ0v) is 13.0. The van der Waals surface area contributed by atoms with Crippen LogP contribution in [0.15, 0.2) is 24.3 Å². The van der Waals surface area contributed by atoms with Crippen LogP contribution in [0.5, 0.6) is 5.75 Å². The number of methoxy groups -OCH3 is 1. The lowest BCUT2D eigenvalue weighted by Gasteiger charge is -2.21. The first-order chi connectivity index (χ1) is 10.1. The van der Waals surface area contributed by atoms with Crippen molar-refractivity contribution in [1.82, 2.24) is 4.90 Å². The molecule has 0 radical (unpaired) electrons. The molecule has 1 fully saturated rings. The molecule has 1 aliphatic rings. The monoisotopic (exact) mass is 307 g/mol. The molecule has 0 bridgehead atoms. The number of thiocarbonyl (C=S) groups is 1. The standard InChI is InChI=1S/C15H21N3O2S/c1-20-13-6-2-11(3-7-13)17-15(19)10-18(12-4-5-12)9-8-14(16)21/h2-3,6-7,12H,4-5,8-10H2,1H3,(H2,16,21)(H,17,19). The number of hydrogen-bond acceptors (Lipinski definition) is 4. The Kier molecular flexibility index (Phi) is 5.52. The smallest absolute Gasteiger partial charge is 0.238 e. The molecule has 5 nitrogen and oxygen atoms in total. The minimum Gasteiger partial charge on any atom is -0.497 e. The number of nitrogens with zero attached hydrogens (tertiary/aromatic N) is 1. The normalized spacial score (nSPS) is 14.0. The van der Waals surface area contributed by atoms with Crippen LogP contribution in [-0.4, -0.2) is 42.0 Å². The molecular weight excluding hydrogens is 286 g/mol. The van der Waals surface area contributed by atoms with E-state index < -0.39 is 0 Å². The van der Waals surface area contributed by atoms with Crippen LogP contribution in [0.25, 0.3) is 0 Å². The number of carbonyl (C=O) groups is 1. The van der Waals surface area contributed by atoms with Gasteiger partial charge < -0.3 is 15.8 Å². The highest BCUT2D eigenvalue weighted by Crippen LogP contribution is 2.26. The molecule has 0 aliphatic heterocycles.